The number of hydrogen-bond acceptors (Lipinski definition) is 1. The zero-order valence-corrected chi connectivity index (χ0v) is 6.68. The van der Waals surface area contributed by atoms with Crippen LogP contribution in [-0.4, -0.2) is 6.04 Å². The van der Waals surface area contributed by atoms with Crippen molar-refractivity contribution in [1.29, 1.82) is 5.26 Å². The van der Waals surface area contributed by atoms with E-state index < -0.39 is 6.04 Å². The molecule has 0 N–H and O–H groups in total. The highest BCUT2D eigenvalue weighted by Gasteiger charge is 2.32. The zero-order valence-electron chi connectivity index (χ0n) is 6.68. The van der Waals surface area contributed by atoms with Gasteiger partial charge in [-0.05, 0) is 6.42 Å². The van der Waals surface area contributed by atoms with E-state index in [4.69, 9.17) is 11.8 Å². The Morgan fingerprint density at radius 2 is 2.20 bits per heavy atom. The number of nitriles is 1. The van der Waals surface area contributed by atoms with Gasteiger partial charge in [-0.25, -0.2) is 6.57 Å². The Labute approximate surface area is 62.3 Å². The molecule has 0 aromatic carbocycles. The van der Waals surface area contributed by atoms with Crippen molar-refractivity contribution in [2.75, 3.05) is 0 Å². The highest BCUT2D eigenvalue weighted by Crippen LogP contribution is 2.26. The average molecular weight is 136 g/mol. The molecule has 54 valence electrons. The second-order valence-electron chi connectivity index (χ2n) is 3.00. The summed E-state index contributed by atoms with van der Waals surface area (Å²) >= 11 is 0. The molecule has 0 amide bonds. The summed E-state index contributed by atoms with van der Waals surface area (Å²) in [6.45, 7) is 12.6. The molecule has 1 unspecified atom stereocenters. The van der Waals surface area contributed by atoms with Gasteiger partial charge < -0.3 is 0 Å². The summed E-state index contributed by atoms with van der Waals surface area (Å²) < 4.78 is 0. The van der Waals surface area contributed by atoms with E-state index in [0.29, 0.717) is 0 Å². The summed E-state index contributed by atoms with van der Waals surface area (Å²) in [5.74, 6) is 0. The molecular formula is C8H12N2. The summed E-state index contributed by atoms with van der Waals surface area (Å²) in [5.41, 5.74) is -0.156. The van der Waals surface area contributed by atoms with Crippen LogP contribution in [0.5, 0.6) is 0 Å². The Morgan fingerprint density at radius 3 is 2.30 bits per heavy atom. The fraction of sp³-hybridized carbons (Fsp3) is 0.750. The fourth-order valence-electron chi connectivity index (χ4n) is 0.572. The molecule has 0 aliphatic rings. The number of nitrogens with zero attached hydrogens (tertiary/aromatic N) is 2. The predicted molar refractivity (Wildman–Crippen MR) is 40.1 cm³/mol. The van der Waals surface area contributed by atoms with Crippen LogP contribution in [0.4, 0.5) is 0 Å². The van der Waals surface area contributed by atoms with Crippen LogP contribution >= 0.6 is 0 Å². The van der Waals surface area contributed by atoms with Crippen LogP contribution in [0.1, 0.15) is 27.2 Å². The van der Waals surface area contributed by atoms with Crippen molar-refractivity contribution in [3.63, 3.8) is 0 Å². The van der Waals surface area contributed by atoms with E-state index in [9.17, 15) is 0 Å². The molecule has 0 radical (unpaired) electrons. The molecule has 1 atom stereocenters. The van der Waals surface area contributed by atoms with Crippen molar-refractivity contribution >= 4 is 0 Å². The molecule has 0 aliphatic carbocycles. The minimum Gasteiger partial charge on any atom is -0.297 e. The molecule has 0 spiro atoms. The van der Waals surface area contributed by atoms with Gasteiger partial charge in [-0.15, -0.1) is 0 Å². The summed E-state index contributed by atoms with van der Waals surface area (Å²) in [6.07, 6.45) is 0.869. The van der Waals surface area contributed by atoms with Crippen molar-refractivity contribution in [2.24, 2.45) is 5.41 Å². The molecule has 2 nitrogen and oxygen atoms in total. The normalized spacial score (nSPS) is 13.3. The van der Waals surface area contributed by atoms with Gasteiger partial charge in [-0.1, -0.05) is 20.8 Å². The van der Waals surface area contributed by atoms with Crippen LogP contribution < -0.4 is 0 Å². The number of hydrogen-bond donors (Lipinski definition) is 0. The lowest BCUT2D eigenvalue weighted by atomic mass is 9.83. The first kappa shape index (κ1) is 8.98. The number of rotatable bonds is 2. The first-order chi connectivity index (χ1) is 4.58. The SMILES string of the molecule is [C-]#[N+]C(C#N)C(C)(C)CC. The predicted octanol–water partition coefficient (Wildman–Crippen LogP) is 2.23. The molecule has 0 aromatic rings. The van der Waals surface area contributed by atoms with E-state index in [1.54, 1.807) is 0 Å². The topological polar surface area (TPSA) is 28.1 Å². The first-order valence-electron chi connectivity index (χ1n) is 3.34. The summed E-state index contributed by atoms with van der Waals surface area (Å²) in [5, 5.41) is 8.53. The van der Waals surface area contributed by atoms with E-state index in [1.807, 2.05) is 26.8 Å². The van der Waals surface area contributed by atoms with Crippen molar-refractivity contribution in [2.45, 2.75) is 33.2 Å². The Kier molecular flexibility index (Phi) is 2.90. The van der Waals surface area contributed by atoms with Crippen molar-refractivity contribution in [3.05, 3.63) is 11.4 Å². The van der Waals surface area contributed by atoms with E-state index >= 15 is 0 Å². The van der Waals surface area contributed by atoms with Crippen molar-refractivity contribution < 1.29 is 0 Å². The van der Waals surface area contributed by atoms with Gasteiger partial charge in [0.25, 0.3) is 0 Å². The highest BCUT2D eigenvalue weighted by molar-refractivity contribution is 5.06. The molecule has 2 heteroatoms. The van der Waals surface area contributed by atoms with E-state index in [-0.39, 0.29) is 5.41 Å². The van der Waals surface area contributed by atoms with Gasteiger partial charge in [-0.3, -0.25) is 4.85 Å². The molecule has 0 saturated carbocycles. The van der Waals surface area contributed by atoms with Crippen LogP contribution in [0, 0.1) is 23.3 Å². The van der Waals surface area contributed by atoms with Gasteiger partial charge in [0.15, 0.2) is 6.07 Å². The lowest BCUT2D eigenvalue weighted by molar-refractivity contribution is 0.344. The van der Waals surface area contributed by atoms with Crippen LogP contribution in [0.15, 0.2) is 0 Å². The lowest BCUT2D eigenvalue weighted by Crippen LogP contribution is -2.23. The van der Waals surface area contributed by atoms with Crippen molar-refractivity contribution in [3.8, 4) is 6.07 Å². The third kappa shape index (κ3) is 1.74. The van der Waals surface area contributed by atoms with Gasteiger partial charge in [-0.2, -0.15) is 5.26 Å². The second-order valence-corrected chi connectivity index (χ2v) is 3.00. The summed E-state index contributed by atoms with van der Waals surface area (Å²) in [6, 6.07) is 1.50. The standard InChI is InChI=1S/C8H12N2/c1-5-8(2,3)7(6-9)10-4/h7H,5H2,1-3H3. The highest BCUT2D eigenvalue weighted by atomic mass is 14.7. The molecule has 0 heterocycles. The Hall–Kier alpha value is -1.02. The van der Waals surface area contributed by atoms with Gasteiger partial charge in [0.2, 0.25) is 0 Å². The minimum atomic E-state index is -0.488. The third-order valence-electron chi connectivity index (χ3n) is 1.90. The third-order valence-corrected chi connectivity index (χ3v) is 1.90. The Bertz CT molecular complexity index is 166. The molecule has 10 heavy (non-hydrogen) atoms. The van der Waals surface area contributed by atoms with Gasteiger partial charge >= 0.3 is 6.04 Å². The van der Waals surface area contributed by atoms with Gasteiger partial charge in [0.05, 0.1) is 5.41 Å². The fourth-order valence-corrected chi connectivity index (χ4v) is 0.572. The van der Waals surface area contributed by atoms with Crippen LogP contribution in [0.25, 0.3) is 4.85 Å². The molecule has 0 fully saturated rings. The quantitative estimate of drug-likeness (QED) is 0.535. The Morgan fingerprint density at radius 1 is 1.70 bits per heavy atom. The van der Waals surface area contributed by atoms with E-state index in [0.717, 1.165) is 6.42 Å². The van der Waals surface area contributed by atoms with Crippen LogP contribution in [0.2, 0.25) is 0 Å². The molecule has 0 bridgehead atoms. The monoisotopic (exact) mass is 136 g/mol. The molecule has 0 rings (SSSR count). The zero-order chi connectivity index (χ0) is 8.20. The smallest absolute Gasteiger partial charge is 0.297 e. The second kappa shape index (κ2) is 3.22. The maximum atomic E-state index is 8.53. The van der Waals surface area contributed by atoms with Crippen LogP contribution in [0.3, 0.4) is 0 Å². The Balaban J connectivity index is 4.34. The van der Waals surface area contributed by atoms with Gasteiger partial charge in [0, 0.05) is 0 Å². The van der Waals surface area contributed by atoms with Gasteiger partial charge in [0.1, 0.15) is 0 Å². The lowest BCUT2D eigenvalue weighted by Gasteiger charge is -2.18. The molecule has 0 aromatic heterocycles. The summed E-state index contributed by atoms with van der Waals surface area (Å²) in [7, 11) is 0. The molecule has 0 aliphatic heterocycles. The van der Waals surface area contributed by atoms with Crippen LogP contribution in [-0.2, 0) is 0 Å². The molecular weight excluding hydrogens is 124 g/mol. The van der Waals surface area contributed by atoms with Crippen molar-refractivity contribution in [1.82, 2.24) is 0 Å². The average Bonchev–Trinajstić information content (AvgIpc) is 1.90. The minimum absolute atomic E-state index is 0.156. The molecule has 0 saturated heterocycles. The van der Waals surface area contributed by atoms with E-state index in [1.165, 1.54) is 0 Å². The largest absolute Gasteiger partial charge is 0.312 e. The maximum Gasteiger partial charge on any atom is 0.312 e. The summed E-state index contributed by atoms with van der Waals surface area (Å²) in [4.78, 5) is 3.24. The van der Waals surface area contributed by atoms with E-state index in [2.05, 4.69) is 4.85 Å². The first-order valence-corrected chi connectivity index (χ1v) is 3.34. The maximum absolute atomic E-state index is 8.53.